The highest BCUT2D eigenvalue weighted by atomic mass is 16.5. The van der Waals surface area contributed by atoms with Crippen molar-refractivity contribution in [2.75, 3.05) is 33.1 Å². The first kappa shape index (κ1) is 17.0. The molecule has 3 rings (SSSR count). The minimum absolute atomic E-state index is 0.471. The van der Waals surface area contributed by atoms with Gasteiger partial charge in [0.05, 0.1) is 13.3 Å². The van der Waals surface area contributed by atoms with Gasteiger partial charge in [0.1, 0.15) is 5.75 Å². The third kappa shape index (κ3) is 4.61. The minimum Gasteiger partial charge on any atom is -0.497 e. The molecule has 0 unspecified atom stereocenters. The molecule has 0 saturated carbocycles. The number of nitrogens with zero attached hydrogens (tertiary/aromatic N) is 2. The molecule has 130 valence electrons. The first-order valence-electron chi connectivity index (χ1n) is 8.25. The van der Waals surface area contributed by atoms with Crippen LogP contribution in [0.1, 0.15) is 5.56 Å². The lowest BCUT2D eigenvalue weighted by Crippen LogP contribution is -2.14. The fourth-order valence-electron chi connectivity index (χ4n) is 2.47. The van der Waals surface area contributed by atoms with Crippen molar-refractivity contribution in [3.05, 3.63) is 60.3 Å². The molecule has 5 nitrogen and oxygen atoms in total. The molecule has 0 bridgehead atoms. The molecule has 0 spiro atoms. The zero-order chi connectivity index (χ0) is 17.6. The van der Waals surface area contributed by atoms with Crippen LogP contribution in [0.15, 0.2) is 59.1 Å². The zero-order valence-electron chi connectivity index (χ0n) is 14.8. The van der Waals surface area contributed by atoms with Gasteiger partial charge in [-0.3, -0.25) is 0 Å². The van der Waals surface area contributed by atoms with Crippen molar-refractivity contribution in [2.45, 2.75) is 6.42 Å². The van der Waals surface area contributed by atoms with Crippen LogP contribution < -0.4 is 10.1 Å². The van der Waals surface area contributed by atoms with E-state index in [0.29, 0.717) is 11.8 Å². The number of ether oxygens (including phenoxy) is 1. The SMILES string of the molecule is COc1cccc(-c2cnc(Nc3ccc(CCN(C)C)cc3)o2)c1. The molecule has 5 heteroatoms. The second-order valence-electron chi connectivity index (χ2n) is 6.14. The third-order valence-electron chi connectivity index (χ3n) is 3.91. The summed E-state index contributed by atoms with van der Waals surface area (Å²) >= 11 is 0. The van der Waals surface area contributed by atoms with E-state index in [1.807, 2.05) is 36.4 Å². The van der Waals surface area contributed by atoms with Gasteiger partial charge in [-0.2, -0.15) is 0 Å². The third-order valence-corrected chi connectivity index (χ3v) is 3.91. The molecule has 0 saturated heterocycles. The Morgan fingerprint density at radius 3 is 2.64 bits per heavy atom. The Bertz CT molecular complexity index is 810. The summed E-state index contributed by atoms with van der Waals surface area (Å²) in [6, 6.07) is 16.5. The van der Waals surface area contributed by atoms with E-state index >= 15 is 0 Å². The highest BCUT2D eigenvalue weighted by Gasteiger charge is 2.07. The van der Waals surface area contributed by atoms with E-state index in [2.05, 4.69) is 41.4 Å². The molecule has 0 aliphatic carbocycles. The van der Waals surface area contributed by atoms with Gasteiger partial charge in [-0.15, -0.1) is 0 Å². The number of anilines is 2. The van der Waals surface area contributed by atoms with Crippen LogP contribution in [0.4, 0.5) is 11.7 Å². The molecule has 25 heavy (non-hydrogen) atoms. The fraction of sp³-hybridized carbons (Fsp3) is 0.250. The van der Waals surface area contributed by atoms with Gasteiger partial charge in [0, 0.05) is 17.8 Å². The van der Waals surface area contributed by atoms with Gasteiger partial charge >= 0.3 is 0 Å². The Hall–Kier alpha value is -2.79. The van der Waals surface area contributed by atoms with Gasteiger partial charge in [-0.1, -0.05) is 24.3 Å². The van der Waals surface area contributed by atoms with Crippen LogP contribution in [0.5, 0.6) is 5.75 Å². The molecule has 0 amide bonds. The van der Waals surface area contributed by atoms with Gasteiger partial charge in [0.2, 0.25) is 0 Å². The van der Waals surface area contributed by atoms with Gasteiger partial charge in [-0.05, 0) is 50.3 Å². The molecular formula is C20H23N3O2. The van der Waals surface area contributed by atoms with Gasteiger partial charge in [0.15, 0.2) is 5.76 Å². The van der Waals surface area contributed by atoms with Crippen LogP contribution in [0, 0.1) is 0 Å². The maximum atomic E-state index is 5.80. The normalized spacial score (nSPS) is 10.9. The lowest BCUT2D eigenvalue weighted by molar-refractivity contribution is 0.413. The summed E-state index contributed by atoms with van der Waals surface area (Å²) in [5.74, 6) is 1.49. The van der Waals surface area contributed by atoms with E-state index in [-0.39, 0.29) is 0 Å². The molecule has 0 fully saturated rings. The quantitative estimate of drug-likeness (QED) is 0.700. The van der Waals surface area contributed by atoms with Crippen LogP contribution in [0.3, 0.4) is 0 Å². The summed E-state index contributed by atoms with van der Waals surface area (Å²) in [5, 5.41) is 3.20. The van der Waals surface area contributed by atoms with Crippen molar-refractivity contribution in [2.24, 2.45) is 0 Å². The van der Waals surface area contributed by atoms with Gasteiger partial charge < -0.3 is 19.4 Å². The van der Waals surface area contributed by atoms with E-state index in [0.717, 1.165) is 30.0 Å². The first-order chi connectivity index (χ1) is 12.1. The lowest BCUT2D eigenvalue weighted by atomic mass is 10.1. The average Bonchev–Trinajstić information content (AvgIpc) is 3.09. The van der Waals surface area contributed by atoms with Crippen molar-refractivity contribution in [3.63, 3.8) is 0 Å². The molecule has 0 aliphatic rings. The van der Waals surface area contributed by atoms with E-state index in [4.69, 9.17) is 9.15 Å². The molecule has 2 aromatic carbocycles. The maximum Gasteiger partial charge on any atom is 0.299 e. The zero-order valence-corrected chi connectivity index (χ0v) is 14.8. The average molecular weight is 337 g/mol. The van der Waals surface area contributed by atoms with E-state index in [1.165, 1.54) is 5.56 Å². The summed E-state index contributed by atoms with van der Waals surface area (Å²) in [6.45, 7) is 1.04. The Labute approximate surface area is 148 Å². The van der Waals surface area contributed by atoms with Crippen LogP contribution in [0.25, 0.3) is 11.3 Å². The molecule has 0 aliphatic heterocycles. The van der Waals surface area contributed by atoms with E-state index in [9.17, 15) is 0 Å². The lowest BCUT2D eigenvalue weighted by Gasteiger charge is -2.09. The standard InChI is InChI=1S/C20H23N3O2/c1-23(2)12-11-15-7-9-17(10-8-15)22-20-21-14-19(25-20)16-5-4-6-18(13-16)24-3/h4-10,13-14H,11-12H2,1-3H3,(H,21,22). The number of rotatable bonds is 7. The second-order valence-corrected chi connectivity index (χ2v) is 6.14. The highest BCUT2D eigenvalue weighted by Crippen LogP contribution is 2.27. The Balaban J connectivity index is 1.66. The number of hydrogen-bond donors (Lipinski definition) is 1. The predicted molar refractivity (Wildman–Crippen MR) is 100 cm³/mol. The predicted octanol–water partition coefficient (Wildman–Crippen LogP) is 4.20. The summed E-state index contributed by atoms with van der Waals surface area (Å²) in [4.78, 5) is 6.48. The Kier molecular flexibility index (Phi) is 5.36. The van der Waals surface area contributed by atoms with Crippen molar-refractivity contribution in [3.8, 4) is 17.1 Å². The number of nitrogens with one attached hydrogen (secondary N) is 1. The topological polar surface area (TPSA) is 50.5 Å². The number of methoxy groups -OCH3 is 1. The van der Waals surface area contributed by atoms with Crippen LogP contribution in [-0.4, -0.2) is 37.6 Å². The maximum absolute atomic E-state index is 5.80. The molecule has 1 aromatic heterocycles. The monoisotopic (exact) mass is 337 g/mol. The van der Waals surface area contributed by atoms with Crippen molar-refractivity contribution in [1.82, 2.24) is 9.88 Å². The number of likely N-dealkylation sites (N-methyl/N-ethyl adjacent to an activating group) is 1. The van der Waals surface area contributed by atoms with Crippen LogP contribution in [0.2, 0.25) is 0 Å². The van der Waals surface area contributed by atoms with E-state index < -0.39 is 0 Å². The van der Waals surface area contributed by atoms with E-state index in [1.54, 1.807) is 13.3 Å². The Morgan fingerprint density at radius 1 is 1.12 bits per heavy atom. The molecule has 0 atom stereocenters. The molecule has 1 N–H and O–H groups in total. The molecule has 1 heterocycles. The highest BCUT2D eigenvalue weighted by molar-refractivity contribution is 5.61. The largest absolute Gasteiger partial charge is 0.497 e. The minimum atomic E-state index is 0.471. The summed E-state index contributed by atoms with van der Waals surface area (Å²) in [7, 11) is 5.81. The summed E-state index contributed by atoms with van der Waals surface area (Å²) < 4.78 is 11.0. The second kappa shape index (κ2) is 7.85. The van der Waals surface area contributed by atoms with Gasteiger partial charge in [0.25, 0.3) is 6.01 Å². The number of benzene rings is 2. The summed E-state index contributed by atoms with van der Waals surface area (Å²) in [6.07, 6.45) is 2.74. The fourth-order valence-corrected chi connectivity index (χ4v) is 2.47. The van der Waals surface area contributed by atoms with Crippen molar-refractivity contribution >= 4 is 11.7 Å². The number of hydrogen-bond acceptors (Lipinski definition) is 5. The number of aromatic nitrogens is 1. The molecule has 3 aromatic rings. The first-order valence-corrected chi connectivity index (χ1v) is 8.25. The van der Waals surface area contributed by atoms with Crippen molar-refractivity contribution < 1.29 is 9.15 Å². The molecule has 0 radical (unpaired) electrons. The van der Waals surface area contributed by atoms with Gasteiger partial charge in [-0.25, -0.2) is 4.98 Å². The van der Waals surface area contributed by atoms with Crippen LogP contribution in [-0.2, 0) is 6.42 Å². The molecular weight excluding hydrogens is 314 g/mol. The number of oxazole rings is 1. The smallest absolute Gasteiger partial charge is 0.299 e. The van der Waals surface area contributed by atoms with Crippen molar-refractivity contribution in [1.29, 1.82) is 0 Å². The van der Waals surface area contributed by atoms with Crippen LogP contribution >= 0.6 is 0 Å². The summed E-state index contributed by atoms with van der Waals surface area (Å²) in [5.41, 5.74) is 3.19. The Morgan fingerprint density at radius 2 is 1.92 bits per heavy atom.